The Bertz CT molecular complexity index is 541. The summed E-state index contributed by atoms with van der Waals surface area (Å²) < 4.78 is 0. The molecule has 2 aliphatic heterocycles. The number of hydrogen-bond acceptors (Lipinski definition) is 2. The van der Waals surface area contributed by atoms with E-state index in [9.17, 15) is 4.79 Å². The second-order valence-corrected chi connectivity index (χ2v) is 6.05. The van der Waals surface area contributed by atoms with Gasteiger partial charge in [0.25, 0.3) is 0 Å². The fraction of sp³-hybridized carbons (Fsp3) is 0.533. The number of hydrogen-bond donors (Lipinski definition) is 1. The Balaban J connectivity index is 1.99. The van der Waals surface area contributed by atoms with E-state index < -0.39 is 0 Å². The van der Waals surface area contributed by atoms with Crippen LogP contribution >= 0.6 is 0 Å². The second kappa shape index (κ2) is 3.08. The fourth-order valence-electron chi connectivity index (χ4n) is 4.42. The van der Waals surface area contributed by atoms with E-state index >= 15 is 0 Å². The molecule has 0 radical (unpaired) electrons. The van der Waals surface area contributed by atoms with Crippen molar-refractivity contribution in [1.29, 1.82) is 0 Å². The first-order valence-corrected chi connectivity index (χ1v) is 6.86. The van der Waals surface area contributed by atoms with Crippen LogP contribution in [0.4, 0.5) is 5.69 Å². The van der Waals surface area contributed by atoms with Crippen LogP contribution in [0.2, 0.25) is 0 Å². The van der Waals surface area contributed by atoms with Gasteiger partial charge in [0, 0.05) is 11.1 Å². The van der Waals surface area contributed by atoms with Gasteiger partial charge in [-0.15, -0.1) is 0 Å². The molecule has 1 aromatic rings. The first-order chi connectivity index (χ1) is 8.67. The maximum Gasteiger partial charge on any atom is 0.241 e. The average Bonchev–Trinajstić information content (AvgIpc) is 2.80. The van der Waals surface area contributed by atoms with E-state index in [0.29, 0.717) is 6.54 Å². The van der Waals surface area contributed by atoms with Gasteiger partial charge in [-0.2, -0.15) is 0 Å². The monoisotopic (exact) mass is 242 g/mol. The minimum atomic E-state index is -0.147. The third-order valence-electron chi connectivity index (χ3n) is 5.28. The van der Waals surface area contributed by atoms with Crippen LogP contribution in [-0.2, 0) is 10.2 Å². The summed E-state index contributed by atoms with van der Waals surface area (Å²) in [7, 11) is 0. The van der Waals surface area contributed by atoms with Crippen LogP contribution in [0.1, 0.15) is 38.2 Å². The molecule has 94 valence electrons. The predicted octanol–water partition coefficient (Wildman–Crippen LogP) is 2.16. The summed E-state index contributed by atoms with van der Waals surface area (Å²) in [4.78, 5) is 14.2. The van der Waals surface area contributed by atoms with Crippen molar-refractivity contribution in [3.63, 3.8) is 0 Å². The van der Waals surface area contributed by atoms with E-state index in [4.69, 9.17) is 0 Å². The maximum atomic E-state index is 11.9. The van der Waals surface area contributed by atoms with Crippen LogP contribution in [-0.4, -0.2) is 18.1 Å². The number of amides is 1. The van der Waals surface area contributed by atoms with Crippen molar-refractivity contribution < 1.29 is 4.79 Å². The summed E-state index contributed by atoms with van der Waals surface area (Å²) in [5.74, 6) is 0.178. The van der Waals surface area contributed by atoms with Crippen LogP contribution < -0.4 is 10.2 Å². The molecule has 1 aromatic carbocycles. The van der Waals surface area contributed by atoms with Gasteiger partial charge in [-0.3, -0.25) is 4.79 Å². The highest BCUT2D eigenvalue weighted by Gasteiger charge is 2.63. The Hall–Kier alpha value is -1.51. The molecule has 3 nitrogen and oxygen atoms in total. The lowest BCUT2D eigenvalue weighted by Crippen LogP contribution is -2.62. The molecule has 2 heterocycles. The zero-order valence-electron chi connectivity index (χ0n) is 10.7. The van der Waals surface area contributed by atoms with E-state index in [1.165, 1.54) is 30.5 Å². The summed E-state index contributed by atoms with van der Waals surface area (Å²) in [6, 6.07) is 8.61. The molecule has 0 aromatic heterocycles. The second-order valence-electron chi connectivity index (χ2n) is 6.05. The fourth-order valence-corrected chi connectivity index (χ4v) is 4.42. The number of carbonyl (C=O) groups is 1. The summed E-state index contributed by atoms with van der Waals surface area (Å²) in [5.41, 5.74) is 2.62. The third kappa shape index (κ3) is 0.957. The molecule has 1 amide bonds. The molecule has 1 spiro atoms. The van der Waals surface area contributed by atoms with Gasteiger partial charge in [-0.1, -0.05) is 31.5 Å². The maximum absolute atomic E-state index is 11.9. The highest BCUT2D eigenvalue weighted by atomic mass is 16.2. The van der Waals surface area contributed by atoms with Crippen molar-refractivity contribution >= 4 is 11.6 Å². The molecule has 2 atom stereocenters. The van der Waals surface area contributed by atoms with Gasteiger partial charge in [0.2, 0.25) is 5.91 Å². The minimum absolute atomic E-state index is 0.0774. The molecule has 3 aliphatic rings. The van der Waals surface area contributed by atoms with E-state index in [1.807, 2.05) is 0 Å². The average molecular weight is 242 g/mol. The molecule has 1 saturated heterocycles. The number of fused-ring (bicyclic) bond motifs is 3. The molecule has 2 unspecified atom stereocenters. The van der Waals surface area contributed by atoms with Crippen molar-refractivity contribution in [3.8, 4) is 0 Å². The van der Waals surface area contributed by atoms with Gasteiger partial charge in [0.15, 0.2) is 0 Å². The number of benzene rings is 1. The van der Waals surface area contributed by atoms with E-state index in [1.54, 1.807) is 0 Å². The van der Waals surface area contributed by atoms with Crippen molar-refractivity contribution in [2.45, 2.75) is 43.7 Å². The zero-order chi connectivity index (χ0) is 12.4. The quantitative estimate of drug-likeness (QED) is 0.756. The highest BCUT2D eigenvalue weighted by Crippen LogP contribution is 2.58. The molecule has 1 N–H and O–H groups in total. The summed E-state index contributed by atoms with van der Waals surface area (Å²) in [5, 5.41) is 3.31. The predicted molar refractivity (Wildman–Crippen MR) is 70.5 cm³/mol. The minimum Gasteiger partial charge on any atom is -0.338 e. The number of rotatable bonds is 0. The summed E-state index contributed by atoms with van der Waals surface area (Å²) in [6.07, 6.45) is 4.71. The SMILES string of the molecule is CC12CCCCC13NC(=O)CN3c1ccccc12. The van der Waals surface area contributed by atoms with Crippen LogP contribution in [0.5, 0.6) is 0 Å². The van der Waals surface area contributed by atoms with Crippen LogP contribution in [0.15, 0.2) is 24.3 Å². The Morgan fingerprint density at radius 1 is 1.22 bits per heavy atom. The number of nitrogens with one attached hydrogen (secondary N) is 1. The number of anilines is 1. The van der Waals surface area contributed by atoms with Gasteiger partial charge >= 0.3 is 0 Å². The lowest BCUT2D eigenvalue weighted by Gasteiger charge is -2.48. The molecule has 1 aliphatic carbocycles. The Labute approximate surface area is 107 Å². The van der Waals surface area contributed by atoms with Crippen LogP contribution in [0.25, 0.3) is 0 Å². The van der Waals surface area contributed by atoms with Gasteiger partial charge < -0.3 is 10.2 Å². The first kappa shape index (κ1) is 10.4. The number of nitrogens with zero attached hydrogens (tertiary/aromatic N) is 1. The standard InChI is InChI=1S/C15H18N2O/c1-14-8-4-5-9-15(14)16-13(18)10-17(15)12-7-3-2-6-11(12)14/h2-3,6-7H,4-5,8-10H2,1H3,(H,16,18). The van der Waals surface area contributed by atoms with Crippen LogP contribution in [0, 0.1) is 0 Å². The Morgan fingerprint density at radius 2 is 2.00 bits per heavy atom. The van der Waals surface area contributed by atoms with Crippen LogP contribution in [0.3, 0.4) is 0 Å². The zero-order valence-corrected chi connectivity index (χ0v) is 10.7. The molecule has 0 bridgehead atoms. The van der Waals surface area contributed by atoms with Gasteiger partial charge in [-0.25, -0.2) is 0 Å². The lowest BCUT2D eigenvalue weighted by molar-refractivity contribution is -0.119. The number of carbonyl (C=O) groups excluding carboxylic acids is 1. The normalized spacial score (nSPS) is 36.9. The lowest BCUT2D eigenvalue weighted by atomic mass is 9.65. The van der Waals surface area contributed by atoms with Gasteiger partial charge in [-0.05, 0) is 30.9 Å². The summed E-state index contributed by atoms with van der Waals surface area (Å²) >= 11 is 0. The smallest absolute Gasteiger partial charge is 0.241 e. The van der Waals surface area contributed by atoms with Crippen molar-refractivity contribution in [1.82, 2.24) is 5.32 Å². The van der Waals surface area contributed by atoms with E-state index in [2.05, 4.69) is 41.4 Å². The molecule has 1 saturated carbocycles. The van der Waals surface area contributed by atoms with E-state index in [-0.39, 0.29) is 17.0 Å². The largest absolute Gasteiger partial charge is 0.338 e. The number of para-hydroxylation sites is 1. The molecular weight excluding hydrogens is 224 g/mol. The Kier molecular flexibility index (Phi) is 1.78. The molecule has 2 fully saturated rings. The van der Waals surface area contributed by atoms with Crippen molar-refractivity contribution in [3.05, 3.63) is 29.8 Å². The molecule has 3 heteroatoms. The highest BCUT2D eigenvalue weighted by molar-refractivity contribution is 5.90. The van der Waals surface area contributed by atoms with Crippen molar-refractivity contribution in [2.75, 3.05) is 11.4 Å². The molecule has 4 rings (SSSR count). The Morgan fingerprint density at radius 3 is 2.89 bits per heavy atom. The summed E-state index contributed by atoms with van der Waals surface area (Å²) in [6.45, 7) is 2.85. The molecular formula is C15H18N2O. The topological polar surface area (TPSA) is 32.3 Å². The van der Waals surface area contributed by atoms with Gasteiger partial charge in [0.05, 0.1) is 6.54 Å². The molecule has 18 heavy (non-hydrogen) atoms. The van der Waals surface area contributed by atoms with E-state index in [0.717, 1.165) is 6.42 Å². The third-order valence-corrected chi connectivity index (χ3v) is 5.28. The van der Waals surface area contributed by atoms with Gasteiger partial charge in [0.1, 0.15) is 5.66 Å². The van der Waals surface area contributed by atoms with Crippen molar-refractivity contribution in [2.24, 2.45) is 0 Å². The first-order valence-electron chi connectivity index (χ1n) is 6.86.